The van der Waals surface area contributed by atoms with Gasteiger partial charge in [-0.15, -0.1) is 29.6 Å². The van der Waals surface area contributed by atoms with Gasteiger partial charge in [0.05, 0.1) is 16.5 Å². The molecule has 0 bridgehead atoms. The van der Waals surface area contributed by atoms with Crippen LogP contribution in [0.5, 0.6) is 0 Å². The molecule has 2 saturated carbocycles. The number of anilines is 1. The van der Waals surface area contributed by atoms with E-state index in [-0.39, 0.29) is 28.3 Å². The molecule has 0 heterocycles. The van der Waals surface area contributed by atoms with Crippen molar-refractivity contribution in [2.45, 2.75) is 48.9 Å². The number of hydrogen-bond acceptors (Lipinski definition) is 2. The molecule has 7 heteroatoms. The Morgan fingerprint density at radius 1 is 1.09 bits per heavy atom. The number of alkyl halides is 2. The second kappa shape index (κ2) is 8.30. The molecule has 2 aliphatic carbocycles. The summed E-state index contributed by atoms with van der Waals surface area (Å²) < 4.78 is -1.19. The average Bonchev–Trinajstić information content (AvgIpc) is 3.30. The largest absolute Gasteiger partial charge is 0.336 e. The minimum atomic E-state index is -1.19. The van der Waals surface area contributed by atoms with Crippen molar-refractivity contribution in [2.75, 3.05) is 5.32 Å². The molecule has 2 aromatic carbocycles. The van der Waals surface area contributed by atoms with E-state index in [0.717, 1.165) is 36.0 Å². The fourth-order valence-electron chi connectivity index (χ4n) is 4.14. The third-order valence-electron chi connectivity index (χ3n) is 6.54. The SMILES string of the molecule is C#CC1(NC(=O)c2cc(NC(=O)C3C(c4ccc(C)c(C)c4)C3(Cl)Cl)ccc2Cl)CCC1. The van der Waals surface area contributed by atoms with Crippen LogP contribution in [0, 0.1) is 32.1 Å². The number of carbonyl (C=O) groups is 2. The number of carbonyl (C=O) groups excluding carboxylic acids is 2. The van der Waals surface area contributed by atoms with Gasteiger partial charge in [0.2, 0.25) is 5.91 Å². The van der Waals surface area contributed by atoms with E-state index in [1.165, 1.54) is 6.07 Å². The first-order valence-corrected chi connectivity index (χ1v) is 11.6. The highest BCUT2D eigenvalue weighted by Gasteiger charge is 2.67. The molecule has 0 radical (unpaired) electrons. The number of terminal acetylenes is 1. The summed E-state index contributed by atoms with van der Waals surface area (Å²) in [6.45, 7) is 4.03. The first kappa shape index (κ1) is 23.0. The Labute approximate surface area is 203 Å². The van der Waals surface area contributed by atoms with Crippen molar-refractivity contribution >= 4 is 52.3 Å². The molecule has 166 valence electrons. The Morgan fingerprint density at radius 3 is 2.41 bits per heavy atom. The molecule has 0 aliphatic heterocycles. The van der Waals surface area contributed by atoms with Gasteiger partial charge in [0, 0.05) is 11.6 Å². The minimum absolute atomic E-state index is 0.246. The van der Waals surface area contributed by atoms with Crippen LogP contribution < -0.4 is 10.6 Å². The summed E-state index contributed by atoms with van der Waals surface area (Å²) in [5, 5.41) is 5.99. The van der Waals surface area contributed by atoms with Gasteiger partial charge in [-0.3, -0.25) is 9.59 Å². The standard InChI is InChI=1S/C25H23Cl3N2O2/c1-4-24(10-5-11-24)30-22(31)18-13-17(8-9-19(18)26)29-23(32)21-20(25(21,27)28)16-7-6-14(2)15(3)12-16/h1,6-9,12-13,20-21H,5,10-11H2,2-3H3,(H,29,32)(H,30,31). The fourth-order valence-corrected chi connectivity index (χ4v) is 5.17. The molecule has 4 rings (SSSR count). The van der Waals surface area contributed by atoms with Crippen LogP contribution in [-0.2, 0) is 4.79 Å². The molecule has 4 nitrogen and oxygen atoms in total. The van der Waals surface area contributed by atoms with Gasteiger partial charge in [-0.1, -0.05) is 35.7 Å². The van der Waals surface area contributed by atoms with Crippen molar-refractivity contribution in [3.8, 4) is 12.3 Å². The van der Waals surface area contributed by atoms with Crippen LogP contribution in [0.15, 0.2) is 36.4 Å². The van der Waals surface area contributed by atoms with Crippen LogP contribution in [-0.4, -0.2) is 21.7 Å². The summed E-state index contributed by atoms with van der Waals surface area (Å²) in [5.41, 5.74) is 3.25. The zero-order chi connectivity index (χ0) is 23.3. The van der Waals surface area contributed by atoms with E-state index < -0.39 is 15.8 Å². The molecular formula is C25H23Cl3N2O2. The van der Waals surface area contributed by atoms with Crippen molar-refractivity contribution in [2.24, 2.45) is 5.92 Å². The highest BCUT2D eigenvalue weighted by Crippen LogP contribution is 2.65. The third kappa shape index (κ3) is 4.10. The fraction of sp³-hybridized carbons (Fsp3) is 0.360. The van der Waals surface area contributed by atoms with Crippen LogP contribution in [0.4, 0.5) is 5.69 Å². The maximum Gasteiger partial charge on any atom is 0.254 e. The van der Waals surface area contributed by atoms with E-state index in [9.17, 15) is 9.59 Å². The minimum Gasteiger partial charge on any atom is -0.336 e. The molecule has 2 unspecified atom stereocenters. The number of amides is 2. The van der Waals surface area contributed by atoms with E-state index >= 15 is 0 Å². The Hall–Kier alpha value is -2.19. The smallest absolute Gasteiger partial charge is 0.254 e. The topological polar surface area (TPSA) is 58.2 Å². The van der Waals surface area contributed by atoms with Gasteiger partial charge < -0.3 is 10.6 Å². The second-order valence-corrected chi connectivity index (χ2v) is 10.5. The van der Waals surface area contributed by atoms with Gasteiger partial charge in [0.1, 0.15) is 9.87 Å². The predicted octanol–water partition coefficient (Wildman–Crippen LogP) is 5.77. The van der Waals surface area contributed by atoms with Crippen molar-refractivity contribution in [1.82, 2.24) is 5.32 Å². The predicted molar refractivity (Wildman–Crippen MR) is 130 cm³/mol. The summed E-state index contributed by atoms with van der Waals surface area (Å²) >= 11 is 19.2. The maximum absolute atomic E-state index is 13.0. The molecule has 2 aromatic rings. The molecule has 0 aromatic heterocycles. The quantitative estimate of drug-likeness (QED) is 0.414. The van der Waals surface area contributed by atoms with Gasteiger partial charge in [0.15, 0.2) is 0 Å². The summed E-state index contributed by atoms with van der Waals surface area (Å²) in [6.07, 6.45) is 8.03. The monoisotopic (exact) mass is 488 g/mol. The van der Waals surface area contributed by atoms with E-state index in [0.29, 0.717) is 5.69 Å². The Morgan fingerprint density at radius 2 is 1.81 bits per heavy atom. The molecule has 2 amide bonds. The number of rotatable bonds is 5. The van der Waals surface area contributed by atoms with Gasteiger partial charge in [0.25, 0.3) is 5.91 Å². The highest BCUT2D eigenvalue weighted by molar-refractivity contribution is 6.53. The van der Waals surface area contributed by atoms with E-state index in [4.69, 9.17) is 41.2 Å². The molecular weight excluding hydrogens is 467 g/mol. The Balaban J connectivity index is 1.50. The van der Waals surface area contributed by atoms with Crippen LogP contribution >= 0.6 is 34.8 Å². The van der Waals surface area contributed by atoms with Crippen LogP contribution in [0.3, 0.4) is 0 Å². The van der Waals surface area contributed by atoms with Gasteiger partial charge >= 0.3 is 0 Å². The van der Waals surface area contributed by atoms with Crippen molar-refractivity contribution in [1.29, 1.82) is 0 Å². The van der Waals surface area contributed by atoms with Gasteiger partial charge in [-0.25, -0.2) is 0 Å². The third-order valence-corrected chi connectivity index (χ3v) is 7.81. The maximum atomic E-state index is 13.0. The van der Waals surface area contributed by atoms with E-state index in [1.54, 1.807) is 12.1 Å². The molecule has 2 fully saturated rings. The van der Waals surface area contributed by atoms with Crippen LogP contribution in [0.2, 0.25) is 5.02 Å². The summed E-state index contributed by atoms with van der Waals surface area (Å²) in [4.78, 5) is 25.8. The second-order valence-electron chi connectivity index (χ2n) is 8.69. The lowest BCUT2D eigenvalue weighted by Gasteiger charge is -2.37. The van der Waals surface area contributed by atoms with Gasteiger partial charge in [-0.05, 0) is 68.0 Å². The molecule has 2 N–H and O–H groups in total. The lowest BCUT2D eigenvalue weighted by Crippen LogP contribution is -2.52. The molecule has 32 heavy (non-hydrogen) atoms. The number of nitrogens with one attached hydrogen (secondary N) is 2. The highest BCUT2D eigenvalue weighted by atomic mass is 35.5. The van der Waals surface area contributed by atoms with Crippen molar-refractivity contribution < 1.29 is 9.59 Å². The number of aryl methyl sites for hydroxylation is 2. The number of halogens is 3. The first-order chi connectivity index (χ1) is 15.1. The Bertz CT molecular complexity index is 1150. The zero-order valence-electron chi connectivity index (χ0n) is 17.8. The summed E-state index contributed by atoms with van der Waals surface area (Å²) in [7, 11) is 0. The molecule has 2 atom stereocenters. The van der Waals surface area contributed by atoms with Gasteiger partial charge in [-0.2, -0.15) is 0 Å². The van der Waals surface area contributed by atoms with Crippen molar-refractivity contribution in [3.05, 3.63) is 63.7 Å². The molecule has 0 spiro atoms. The first-order valence-electron chi connectivity index (χ1n) is 10.4. The lowest BCUT2D eigenvalue weighted by molar-refractivity contribution is -0.117. The summed E-state index contributed by atoms with van der Waals surface area (Å²) in [5.74, 6) is 1.06. The summed E-state index contributed by atoms with van der Waals surface area (Å²) in [6, 6.07) is 10.7. The number of benzene rings is 2. The molecule has 0 saturated heterocycles. The lowest BCUT2D eigenvalue weighted by atomic mass is 9.77. The van der Waals surface area contributed by atoms with Crippen LogP contribution in [0.25, 0.3) is 0 Å². The molecule has 2 aliphatic rings. The Kier molecular flexibility index (Phi) is 5.96. The van der Waals surface area contributed by atoms with E-state index in [2.05, 4.69) is 16.6 Å². The van der Waals surface area contributed by atoms with E-state index in [1.807, 2.05) is 32.0 Å². The normalized spacial score (nSPS) is 22.2. The number of hydrogen-bond donors (Lipinski definition) is 2. The average molecular weight is 490 g/mol. The van der Waals surface area contributed by atoms with Crippen molar-refractivity contribution in [3.63, 3.8) is 0 Å². The zero-order valence-corrected chi connectivity index (χ0v) is 20.0. The van der Waals surface area contributed by atoms with Crippen LogP contribution in [0.1, 0.15) is 52.2 Å².